The van der Waals surface area contributed by atoms with Crippen LogP contribution >= 0.6 is 0 Å². The van der Waals surface area contributed by atoms with Crippen LogP contribution in [0.2, 0.25) is 0 Å². The summed E-state index contributed by atoms with van der Waals surface area (Å²) in [7, 11) is 2.12. The fourth-order valence-corrected chi connectivity index (χ4v) is 9.37. The van der Waals surface area contributed by atoms with Crippen molar-refractivity contribution in [2.45, 2.75) is 57.8 Å². The summed E-state index contributed by atoms with van der Waals surface area (Å²) in [6.07, 6.45) is 1.82. The quantitative estimate of drug-likeness (QED) is 0.165. The maximum Gasteiger partial charge on any atom is 0.135 e. The van der Waals surface area contributed by atoms with Gasteiger partial charge in [0.2, 0.25) is 0 Å². The molecule has 0 fully saturated rings. The summed E-state index contributed by atoms with van der Waals surface area (Å²) in [6.45, 7) is 15.8. The van der Waals surface area contributed by atoms with Crippen LogP contribution in [0.5, 0.6) is 23.0 Å². The molecule has 0 radical (unpaired) electrons. The van der Waals surface area contributed by atoms with E-state index in [1.165, 1.54) is 16.7 Å². The largest absolute Gasteiger partial charge is 0.509 e. The van der Waals surface area contributed by atoms with Crippen molar-refractivity contribution in [1.82, 2.24) is 9.55 Å². The molecule has 7 heteroatoms. The van der Waals surface area contributed by atoms with Gasteiger partial charge >= 0.3 is 0 Å². The van der Waals surface area contributed by atoms with Crippen molar-refractivity contribution in [3.05, 3.63) is 180 Å². The van der Waals surface area contributed by atoms with E-state index in [-0.39, 0.29) is 31.9 Å². The van der Waals surface area contributed by atoms with Gasteiger partial charge in [0.15, 0.2) is 0 Å². The van der Waals surface area contributed by atoms with Crippen LogP contribution in [0, 0.1) is 18.8 Å². The van der Waals surface area contributed by atoms with Crippen LogP contribution in [-0.4, -0.2) is 16.6 Å². The number of hydrogen-bond donors (Lipinski definition) is 0. The summed E-state index contributed by atoms with van der Waals surface area (Å²) >= 11 is 0. The van der Waals surface area contributed by atoms with Gasteiger partial charge in [0, 0.05) is 72.2 Å². The molecular formula is C52H43N4O2Pt-3. The molecule has 0 aliphatic carbocycles. The number of anilines is 3. The SMILES string of the molecule is CN1[CH-]N2c3[c-]c(Oc4[c-]c5c(cc4)c4ccccc4n5-c4ccccn4)ccc3C3(c4cc(C(C)(C)C)ccc4Oc4ccc(C(C)(C)C)cc43)c3cccc1c32.[Pt]. The third-order valence-electron chi connectivity index (χ3n) is 12.2. The second-order valence-corrected chi connectivity index (χ2v) is 17.9. The van der Waals surface area contributed by atoms with Gasteiger partial charge < -0.3 is 23.8 Å². The Morgan fingerprint density at radius 2 is 1.34 bits per heavy atom. The summed E-state index contributed by atoms with van der Waals surface area (Å²) in [5.74, 6) is 3.76. The molecule has 11 rings (SSSR count). The smallest absolute Gasteiger partial charge is 0.135 e. The second-order valence-electron chi connectivity index (χ2n) is 17.9. The van der Waals surface area contributed by atoms with Gasteiger partial charge in [0.25, 0.3) is 0 Å². The normalized spacial score (nSPS) is 14.7. The number of aromatic nitrogens is 2. The molecule has 0 bridgehead atoms. The first-order chi connectivity index (χ1) is 27.9. The predicted octanol–water partition coefficient (Wildman–Crippen LogP) is 12.7. The molecular weight excluding hydrogens is 908 g/mol. The molecule has 6 aromatic carbocycles. The third kappa shape index (κ3) is 5.45. The summed E-state index contributed by atoms with van der Waals surface area (Å²) < 4.78 is 15.8. The first-order valence-corrected chi connectivity index (χ1v) is 20.0. The number of hydrogen-bond acceptors (Lipinski definition) is 5. The van der Waals surface area contributed by atoms with Gasteiger partial charge in [0.1, 0.15) is 17.3 Å². The fourth-order valence-electron chi connectivity index (χ4n) is 9.37. The average Bonchev–Trinajstić information content (AvgIpc) is 3.73. The van der Waals surface area contributed by atoms with Gasteiger partial charge in [-0.15, -0.1) is 35.2 Å². The van der Waals surface area contributed by atoms with Crippen LogP contribution < -0.4 is 19.3 Å². The molecule has 8 aromatic rings. The Kier molecular flexibility index (Phi) is 8.30. The monoisotopic (exact) mass is 950 g/mol. The van der Waals surface area contributed by atoms with Gasteiger partial charge in [-0.2, -0.15) is 18.8 Å². The Morgan fingerprint density at radius 3 is 2.03 bits per heavy atom. The topological polar surface area (TPSA) is 42.8 Å². The minimum Gasteiger partial charge on any atom is -0.509 e. The van der Waals surface area contributed by atoms with E-state index < -0.39 is 5.41 Å². The number of ether oxygens (including phenoxy) is 2. The van der Waals surface area contributed by atoms with Crippen molar-refractivity contribution in [3.8, 4) is 28.8 Å². The van der Waals surface area contributed by atoms with E-state index in [0.29, 0.717) is 11.5 Å². The predicted molar refractivity (Wildman–Crippen MR) is 233 cm³/mol. The van der Waals surface area contributed by atoms with Gasteiger partial charge in [-0.3, -0.25) is 0 Å². The molecule has 6 nitrogen and oxygen atoms in total. The Bertz CT molecular complexity index is 2930. The van der Waals surface area contributed by atoms with Crippen molar-refractivity contribution >= 4 is 38.9 Å². The Morgan fingerprint density at radius 1 is 0.661 bits per heavy atom. The van der Waals surface area contributed by atoms with Crippen molar-refractivity contribution in [2.24, 2.45) is 0 Å². The number of fused-ring (bicyclic) bond motifs is 11. The molecule has 0 saturated carbocycles. The van der Waals surface area contributed by atoms with E-state index >= 15 is 0 Å². The molecule has 0 saturated heterocycles. The van der Waals surface area contributed by atoms with E-state index in [0.717, 1.165) is 72.9 Å². The zero-order valence-electron chi connectivity index (χ0n) is 34.1. The molecule has 0 amide bonds. The van der Waals surface area contributed by atoms with Crippen molar-refractivity contribution in [2.75, 3.05) is 16.8 Å². The van der Waals surface area contributed by atoms with E-state index in [1.807, 2.05) is 30.5 Å². The van der Waals surface area contributed by atoms with E-state index in [1.54, 1.807) is 0 Å². The Hall–Kier alpha value is -5.84. The molecule has 3 aliphatic rings. The van der Waals surface area contributed by atoms with Gasteiger partial charge in [-0.05, 0) is 76.4 Å². The number of rotatable bonds is 3. The summed E-state index contributed by atoms with van der Waals surface area (Å²) in [4.78, 5) is 9.22. The minimum atomic E-state index is -0.717. The van der Waals surface area contributed by atoms with E-state index in [4.69, 9.17) is 14.5 Å². The van der Waals surface area contributed by atoms with Crippen molar-refractivity contribution < 1.29 is 30.5 Å². The molecule has 0 unspecified atom stereocenters. The second kappa shape index (κ2) is 13.1. The van der Waals surface area contributed by atoms with Gasteiger partial charge in [-0.1, -0.05) is 113 Å². The molecule has 0 atom stereocenters. The van der Waals surface area contributed by atoms with Crippen LogP contribution in [0.4, 0.5) is 17.1 Å². The third-order valence-corrected chi connectivity index (χ3v) is 12.2. The van der Waals surface area contributed by atoms with Gasteiger partial charge in [-0.25, -0.2) is 4.98 Å². The van der Waals surface area contributed by atoms with Crippen LogP contribution in [0.25, 0.3) is 27.6 Å². The van der Waals surface area contributed by atoms with Crippen molar-refractivity contribution in [3.63, 3.8) is 0 Å². The fraction of sp³-hybridized carbons (Fsp3) is 0.192. The van der Waals surface area contributed by atoms with E-state index in [9.17, 15) is 0 Å². The Balaban J connectivity index is 0.00000420. The minimum absolute atomic E-state index is 0. The first kappa shape index (κ1) is 37.4. The van der Waals surface area contributed by atoms with Crippen LogP contribution in [0.1, 0.15) is 74.9 Å². The first-order valence-electron chi connectivity index (χ1n) is 20.0. The number of benzene rings is 6. The number of para-hydroxylation sites is 2. The molecule has 1 spiro atoms. The average molecular weight is 951 g/mol. The zero-order valence-corrected chi connectivity index (χ0v) is 36.4. The van der Waals surface area contributed by atoms with E-state index in [2.05, 4.69) is 179 Å². The van der Waals surface area contributed by atoms with Crippen LogP contribution in [0.3, 0.4) is 0 Å². The van der Waals surface area contributed by atoms with Crippen LogP contribution in [0.15, 0.2) is 128 Å². The maximum atomic E-state index is 6.89. The standard InChI is InChI=1S/C52H43N4O2.Pt/c1-50(2,3)32-18-24-46-40(27-32)52(41-28-33(51(4,5)6)19-25-47(41)58-46)38-23-21-35(30-45(38)55-31-54(7)43-16-12-14-39(52)49(43)55)57-34-20-22-37-36-13-8-9-15-42(36)56(44(37)29-34)48-17-10-11-26-53-48;/h8-28,31H,1-7H3;/q-3;. The zero-order chi connectivity index (χ0) is 39.7. The molecule has 0 N–H and O–H groups in total. The molecule has 296 valence electrons. The summed E-state index contributed by atoms with van der Waals surface area (Å²) in [5.41, 5.74) is 11.4. The molecule has 59 heavy (non-hydrogen) atoms. The molecule has 3 aliphatic heterocycles. The maximum absolute atomic E-state index is 6.89. The Labute approximate surface area is 360 Å². The van der Waals surface area contributed by atoms with Crippen LogP contribution in [-0.2, 0) is 37.3 Å². The molecule has 2 aromatic heterocycles. The summed E-state index contributed by atoms with van der Waals surface area (Å²) in [5, 5.41) is 2.23. The summed E-state index contributed by atoms with van der Waals surface area (Å²) in [6, 6.07) is 50.5. The number of nitrogens with zero attached hydrogens (tertiary/aromatic N) is 4. The number of pyridine rings is 1. The van der Waals surface area contributed by atoms with Gasteiger partial charge in [0.05, 0.1) is 0 Å². The molecule has 5 heterocycles. The van der Waals surface area contributed by atoms with Crippen molar-refractivity contribution in [1.29, 1.82) is 0 Å².